The smallest absolute Gasteiger partial charge is 0.109 e. The maximum Gasteiger partial charge on any atom is 0.109 e. The number of aliphatic imine (C=N–C) groups is 1. The zero-order chi connectivity index (χ0) is 11.6. The number of amidine groups is 1. The van der Waals surface area contributed by atoms with Gasteiger partial charge in [0.15, 0.2) is 0 Å². The summed E-state index contributed by atoms with van der Waals surface area (Å²) >= 11 is 7.20. The van der Waals surface area contributed by atoms with Crippen LogP contribution in [-0.4, -0.2) is 16.8 Å². The summed E-state index contributed by atoms with van der Waals surface area (Å²) in [6.45, 7) is 1.03. The molecule has 2 bridgehead atoms. The van der Waals surface area contributed by atoms with Crippen LogP contribution in [0.2, 0.25) is 0 Å². The van der Waals surface area contributed by atoms with Crippen molar-refractivity contribution in [3.05, 3.63) is 26.6 Å². The third-order valence-electron chi connectivity index (χ3n) is 4.21. The van der Waals surface area contributed by atoms with Crippen LogP contribution in [0.1, 0.15) is 24.8 Å². The van der Waals surface area contributed by atoms with Crippen LogP contribution in [0.3, 0.4) is 0 Å². The second-order valence-corrected chi connectivity index (χ2v) is 6.92. The summed E-state index contributed by atoms with van der Waals surface area (Å²) in [6, 6.07) is 5.01. The van der Waals surface area contributed by atoms with E-state index in [2.05, 4.69) is 48.9 Å². The number of rotatable bonds is 0. The van der Waals surface area contributed by atoms with Crippen molar-refractivity contribution in [3.63, 3.8) is 0 Å². The van der Waals surface area contributed by atoms with E-state index in [0.29, 0.717) is 0 Å². The Morgan fingerprint density at radius 3 is 3.00 bits per heavy atom. The molecule has 1 aromatic carbocycles. The van der Waals surface area contributed by atoms with E-state index >= 15 is 0 Å². The molecule has 4 heteroatoms. The van der Waals surface area contributed by atoms with Crippen molar-refractivity contribution in [1.82, 2.24) is 4.90 Å². The van der Waals surface area contributed by atoms with E-state index in [-0.39, 0.29) is 0 Å². The Bertz CT molecular complexity index is 538. The number of hydrogen-bond donors (Lipinski definition) is 0. The summed E-state index contributed by atoms with van der Waals surface area (Å²) in [4.78, 5) is 7.42. The van der Waals surface area contributed by atoms with Gasteiger partial charge in [0.2, 0.25) is 0 Å². The van der Waals surface area contributed by atoms with Gasteiger partial charge in [-0.05, 0) is 31.4 Å². The van der Waals surface area contributed by atoms with E-state index in [9.17, 15) is 0 Å². The quantitative estimate of drug-likeness (QED) is 0.679. The third-order valence-corrected chi connectivity index (χ3v) is 5.37. The van der Waals surface area contributed by atoms with Crippen molar-refractivity contribution < 1.29 is 0 Å². The number of piperidine rings is 1. The molecule has 1 saturated carbocycles. The first-order valence-electron chi connectivity index (χ1n) is 6.05. The Morgan fingerprint density at radius 1 is 1.24 bits per heavy atom. The molecule has 0 aromatic heterocycles. The Labute approximate surface area is 117 Å². The molecule has 2 fully saturated rings. The topological polar surface area (TPSA) is 15.6 Å². The maximum atomic E-state index is 4.89. The van der Waals surface area contributed by atoms with Gasteiger partial charge in [-0.3, -0.25) is 0 Å². The van der Waals surface area contributed by atoms with Crippen molar-refractivity contribution in [2.75, 3.05) is 0 Å². The highest BCUT2D eigenvalue weighted by atomic mass is 79.9. The molecule has 4 rings (SSSR count). The molecule has 88 valence electrons. The van der Waals surface area contributed by atoms with Crippen LogP contribution < -0.4 is 0 Å². The Hall–Kier alpha value is -0.350. The number of fused-ring (bicyclic) bond motifs is 6. The zero-order valence-corrected chi connectivity index (χ0v) is 12.5. The molecule has 1 aliphatic carbocycles. The van der Waals surface area contributed by atoms with Gasteiger partial charge in [-0.25, -0.2) is 4.99 Å². The second-order valence-electron chi connectivity index (χ2n) is 5.15. The highest BCUT2D eigenvalue weighted by Crippen LogP contribution is 2.46. The Morgan fingerprint density at radius 2 is 2.12 bits per heavy atom. The molecule has 2 atom stereocenters. The van der Waals surface area contributed by atoms with Gasteiger partial charge in [0.05, 0.1) is 5.69 Å². The van der Waals surface area contributed by atoms with E-state index in [1.54, 1.807) is 0 Å². The molecule has 1 aromatic rings. The van der Waals surface area contributed by atoms with Gasteiger partial charge >= 0.3 is 0 Å². The van der Waals surface area contributed by atoms with Crippen LogP contribution >= 0.6 is 31.9 Å². The van der Waals surface area contributed by atoms with Gasteiger partial charge in [-0.2, -0.15) is 0 Å². The zero-order valence-electron chi connectivity index (χ0n) is 9.29. The lowest BCUT2D eigenvalue weighted by molar-refractivity contribution is 0.316. The SMILES string of the molecule is Brc1cc(Br)c2c(c1)N=C1C3CCC(C3)N1C2. The summed E-state index contributed by atoms with van der Waals surface area (Å²) in [5.74, 6) is 2.07. The first kappa shape index (κ1) is 10.6. The number of halogens is 2. The van der Waals surface area contributed by atoms with Gasteiger partial charge in [0.25, 0.3) is 0 Å². The van der Waals surface area contributed by atoms with Crippen molar-refractivity contribution >= 4 is 43.4 Å². The Balaban J connectivity index is 1.87. The summed E-state index contributed by atoms with van der Waals surface area (Å²) in [7, 11) is 0. The fourth-order valence-corrected chi connectivity index (χ4v) is 4.73. The highest BCUT2D eigenvalue weighted by molar-refractivity contribution is 9.11. The predicted octanol–water partition coefficient (Wildman–Crippen LogP) is 4.24. The van der Waals surface area contributed by atoms with Crippen LogP contribution in [0.4, 0.5) is 5.69 Å². The minimum atomic E-state index is 0.728. The maximum absolute atomic E-state index is 4.89. The van der Waals surface area contributed by atoms with Crippen LogP contribution in [0.5, 0.6) is 0 Å². The molecule has 3 aliphatic rings. The molecule has 0 N–H and O–H groups in total. The van der Waals surface area contributed by atoms with Crippen molar-refractivity contribution in [3.8, 4) is 0 Å². The molecular formula is C13H12Br2N2. The average molecular weight is 356 g/mol. The van der Waals surface area contributed by atoms with Crippen LogP contribution in [-0.2, 0) is 6.54 Å². The van der Waals surface area contributed by atoms with Crippen molar-refractivity contribution in [2.24, 2.45) is 10.9 Å². The minimum absolute atomic E-state index is 0.728. The number of hydrogen-bond acceptors (Lipinski definition) is 2. The molecule has 2 heterocycles. The van der Waals surface area contributed by atoms with E-state index < -0.39 is 0 Å². The number of nitrogens with zero attached hydrogens (tertiary/aromatic N) is 2. The molecule has 1 saturated heterocycles. The predicted molar refractivity (Wildman–Crippen MR) is 75.6 cm³/mol. The molecule has 2 nitrogen and oxygen atoms in total. The normalized spacial score (nSPS) is 29.1. The minimum Gasteiger partial charge on any atom is -0.352 e. The van der Waals surface area contributed by atoms with E-state index in [4.69, 9.17) is 4.99 Å². The molecule has 2 unspecified atom stereocenters. The summed E-state index contributed by atoms with van der Waals surface area (Å²) < 4.78 is 2.27. The lowest BCUT2D eigenvalue weighted by atomic mass is 10.0. The summed E-state index contributed by atoms with van der Waals surface area (Å²) in [5, 5.41) is 0. The van der Waals surface area contributed by atoms with Crippen LogP contribution in [0, 0.1) is 5.92 Å². The fraction of sp³-hybridized carbons (Fsp3) is 0.462. The lowest BCUT2D eigenvalue weighted by Crippen LogP contribution is -2.38. The van der Waals surface area contributed by atoms with Crippen LogP contribution in [0.25, 0.3) is 0 Å². The largest absolute Gasteiger partial charge is 0.352 e. The third kappa shape index (κ3) is 1.46. The fourth-order valence-electron chi connectivity index (χ4n) is 3.40. The number of benzene rings is 1. The lowest BCUT2D eigenvalue weighted by Gasteiger charge is -2.34. The van der Waals surface area contributed by atoms with E-state index in [1.807, 2.05) is 0 Å². The second kappa shape index (κ2) is 3.58. The van der Waals surface area contributed by atoms with E-state index in [1.165, 1.54) is 35.1 Å². The first-order chi connectivity index (χ1) is 8.22. The van der Waals surface area contributed by atoms with Crippen LogP contribution in [0.15, 0.2) is 26.1 Å². The first-order valence-corrected chi connectivity index (χ1v) is 7.64. The van der Waals surface area contributed by atoms with Gasteiger partial charge in [-0.15, -0.1) is 0 Å². The Kier molecular flexibility index (Phi) is 2.22. The summed E-state index contributed by atoms with van der Waals surface area (Å²) in [6.07, 6.45) is 4.02. The van der Waals surface area contributed by atoms with Crippen molar-refractivity contribution in [2.45, 2.75) is 31.8 Å². The molecule has 2 aliphatic heterocycles. The molecule has 0 spiro atoms. The molecular weight excluding hydrogens is 344 g/mol. The molecule has 0 radical (unpaired) electrons. The van der Waals surface area contributed by atoms with E-state index in [0.717, 1.165) is 28.7 Å². The van der Waals surface area contributed by atoms with Gasteiger partial charge < -0.3 is 4.90 Å². The standard InChI is InChI=1S/C13H12Br2N2/c14-8-4-11(15)10-6-17-9-2-1-7(3-9)13(17)16-12(10)5-8/h4-5,7,9H,1-3,6H2. The molecule has 17 heavy (non-hydrogen) atoms. The molecule has 0 amide bonds. The van der Waals surface area contributed by atoms with Gasteiger partial charge in [-0.1, -0.05) is 31.9 Å². The van der Waals surface area contributed by atoms with Gasteiger partial charge in [0.1, 0.15) is 5.84 Å². The van der Waals surface area contributed by atoms with Crippen molar-refractivity contribution in [1.29, 1.82) is 0 Å². The summed E-state index contributed by atoms with van der Waals surface area (Å²) in [5.41, 5.74) is 2.48. The van der Waals surface area contributed by atoms with Gasteiger partial charge in [0, 0.05) is 33.0 Å². The monoisotopic (exact) mass is 354 g/mol. The highest BCUT2D eigenvalue weighted by Gasteiger charge is 2.44. The average Bonchev–Trinajstić information content (AvgIpc) is 2.87.